The van der Waals surface area contributed by atoms with Crippen LogP contribution >= 0.6 is 0 Å². The molecule has 3 rings (SSSR count). The van der Waals surface area contributed by atoms with E-state index in [4.69, 9.17) is 18.6 Å². The predicted molar refractivity (Wildman–Crippen MR) is 201 cm³/mol. The fourth-order valence-electron chi connectivity index (χ4n) is 5.00. The average molecular weight is 667 g/mol. The number of hydrogen-bond donors (Lipinski definition) is 1. The highest BCUT2D eigenvalue weighted by Gasteiger charge is 2.39. The molecule has 0 aliphatic heterocycles. The third-order valence-electron chi connectivity index (χ3n) is 8.77. The van der Waals surface area contributed by atoms with Gasteiger partial charge in [-0.25, -0.2) is 0 Å². The van der Waals surface area contributed by atoms with Crippen molar-refractivity contribution in [2.75, 3.05) is 20.8 Å². The van der Waals surface area contributed by atoms with Gasteiger partial charge in [-0.3, -0.25) is 0 Å². The van der Waals surface area contributed by atoms with E-state index in [2.05, 4.69) is 76.9 Å². The molecular weight excluding hydrogens is 613 g/mol. The zero-order valence-corrected chi connectivity index (χ0v) is 31.0. The molecule has 3 aromatic rings. The van der Waals surface area contributed by atoms with Crippen LogP contribution in [0.4, 0.5) is 0 Å². The lowest BCUT2D eigenvalue weighted by Gasteiger charge is -2.37. The van der Waals surface area contributed by atoms with Crippen LogP contribution in [0, 0.1) is 11.8 Å². The van der Waals surface area contributed by atoms with Crippen molar-refractivity contribution in [1.82, 2.24) is 0 Å². The molecule has 0 saturated heterocycles. The number of methoxy groups -OCH3 is 2. The van der Waals surface area contributed by atoms with Gasteiger partial charge < -0.3 is 23.7 Å². The molecule has 0 bridgehead atoms. The van der Waals surface area contributed by atoms with Crippen molar-refractivity contribution in [3.8, 4) is 23.3 Å². The van der Waals surface area contributed by atoms with Crippen LogP contribution in [-0.4, -0.2) is 46.5 Å². The minimum Gasteiger partial charge on any atom is -0.497 e. The summed E-state index contributed by atoms with van der Waals surface area (Å²) in [5, 5.41) is 11.0. The molecule has 0 radical (unpaired) electrons. The zero-order chi connectivity index (χ0) is 35.0. The first-order valence-corrected chi connectivity index (χ1v) is 19.7. The molecule has 3 aromatic carbocycles. The van der Waals surface area contributed by atoms with Crippen molar-refractivity contribution in [3.63, 3.8) is 0 Å². The Hall–Kier alpha value is -3.86. The van der Waals surface area contributed by atoms with E-state index in [0.29, 0.717) is 13.0 Å². The van der Waals surface area contributed by atoms with Gasteiger partial charge in [-0.05, 0) is 71.6 Å². The summed E-state index contributed by atoms with van der Waals surface area (Å²) in [5.41, 5.74) is 1.96. The van der Waals surface area contributed by atoms with E-state index in [9.17, 15) is 5.11 Å². The standard InChI is InChI=1S/C42H54O5Si/c1-9-10-14-22-40(47-48(7,8)41(2,3)4)23-18-12-11-17-21-37(43)32-33-46-42(34-19-15-13-16-20-34,35-24-28-38(44-5)29-25-35)36-26-30-39(45-6)31-27-36/h10-17,19-21,24-31,37,40,43H,9,22,32-33H2,1-8H3. The molecule has 0 heterocycles. The van der Waals surface area contributed by atoms with Gasteiger partial charge in [0.1, 0.15) is 23.2 Å². The summed E-state index contributed by atoms with van der Waals surface area (Å²) < 4.78 is 24.3. The zero-order valence-electron chi connectivity index (χ0n) is 30.0. The van der Waals surface area contributed by atoms with Gasteiger partial charge in [0.25, 0.3) is 0 Å². The molecule has 0 aliphatic carbocycles. The molecule has 6 heteroatoms. The van der Waals surface area contributed by atoms with E-state index in [0.717, 1.165) is 41.0 Å². The van der Waals surface area contributed by atoms with Gasteiger partial charge in [0.15, 0.2) is 8.32 Å². The first-order valence-electron chi connectivity index (χ1n) is 16.8. The molecule has 0 fully saturated rings. The van der Waals surface area contributed by atoms with Gasteiger partial charge in [0.05, 0.1) is 26.9 Å². The maximum absolute atomic E-state index is 10.9. The van der Waals surface area contributed by atoms with Gasteiger partial charge in [0, 0.05) is 12.8 Å². The van der Waals surface area contributed by atoms with Crippen molar-refractivity contribution in [2.45, 2.75) is 82.9 Å². The Morgan fingerprint density at radius 3 is 1.88 bits per heavy atom. The second-order valence-electron chi connectivity index (χ2n) is 13.2. The smallest absolute Gasteiger partial charge is 0.193 e. The van der Waals surface area contributed by atoms with E-state index >= 15 is 0 Å². The highest BCUT2D eigenvalue weighted by atomic mass is 28.4. The molecule has 0 aromatic heterocycles. The fraction of sp³-hybridized carbons (Fsp3) is 0.381. The summed E-state index contributed by atoms with van der Waals surface area (Å²) in [6.07, 6.45) is 12.9. The summed E-state index contributed by atoms with van der Waals surface area (Å²) in [5.74, 6) is 7.98. The second-order valence-corrected chi connectivity index (χ2v) is 18.0. The van der Waals surface area contributed by atoms with Crippen LogP contribution < -0.4 is 9.47 Å². The Morgan fingerprint density at radius 1 is 0.792 bits per heavy atom. The number of benzene rings is 3. The molecule has 256 valence electrons. The lowest BCUT2D eigenvalue weighted by atomic mass is 9.80. The average Bonchev–Trinajstić information content (AvgIpc) is 3.08. The Bertz CT molecular complexity index is 1470. The minimum absolute atomic E-state index is 0.115. The topological polar surface area (TPSA) is 57.2 Å². The maximum Gasteiger partial charge on any atom is 0.193 e. The van der Waals surface area contributed by atoms with Crippen LogP contribution in [-0.2, 0) is 14.8 Å². The van der Waals surface area contributed by atoms with E-state index in [1.54, 1.807) is 26.4 Å². The lowest BCUT2D eigenvalue weighted by Crippen LogP contribution is -2.43. The molecule has 0 aliphatic rings. The van der Waals surface area contributed by atoms with Gasteiger partial charge in [-0.2, -0.15) is 0 Å². The van der Waals surface area contributed by atoms with Crippen molar-refractivity contribution in [3.05, 3.63) is 132 Å². The van der Waals surface area contributed by atoms with Crippen LogP contribution in [0.1, 0.15) is 63.6 Å². The molecule has 1 N–H and O–H groups in total. The number of ether oxygens (including phenoxy) is 3. The van der Waals surface area contributed by atoms with Gasteiger partial charge >= 0.3 is 0 Å². The van der Waals surface area contributed by atoms with Gasteiger partial charge in [-0.15, -0.1) is 0 Å². The van der Waals surface area contributed by atoms with Gasteiger partial charge in [0.2, 0.25) is 0 Å². The molecule has 5 nitrogen and oxygen atoms in total. The second kappa shape index (κ2) is 18.6. The van der Waals surface area contributed by atoms with Crippen LogP contribution in [0.15, 0.2) is 115 Å². The Kier molecular flexibility index (Phi) is 15.0. The van der Waals surface area contributed by atoms with Crippen molar-refractivity contribution < 1.29 is 23.7 Å². The molecule has 0 spiro atoms. The summed E-state index contributed by atoms with van der Waals surface area (Å²) in [4.78, 5) is 0. The van der Waals surface area contributed by atoms with Crippen molar-refractivity contribution >= 4 is 8.32 Å². The first kappa shape index (κ1) is 38.6. The van der Waals surface area contributed by atoms with E-state index in [1.165, 1.54) is 0 Å². The Labute approximate surface area is 290 Å². The Morgan fingerprint density at radius 2 is 1.35 bits per heavy atom. The normalized spacial score (nSPS) is 13.9. The quantitative estimate of drug-likeness (QED) is 0.0543. The van der Waals surface area contributed by atoms with Crippen molar-refractivity contribution in [2.24, 2.45) is 0 Å². The van der Waals surface area contributed by atoms with E-state index < -0.39 is 20.0 Å². The highest BCUT2D eigenvalue weighted by Crippen LogP contribution is 2.42. The molecule has 0 saturated carbocycles. The SMILES string of the molecule is CCC=CCC(C#CC=CC=CC(O)CCOC(c1ccccc1)(c1ccc(OC)cc1)c1ccc(OC)cc1)O[Si](C)(C)C(C)(C)C. The van der Waals surface area contributed by atoms with Crippen LogP contribution in [0.2, 0.25) is 18.1 Å². The summed E-state index contributed by atoms with van der Waals surface area (Å²) in [6, 6.07) is 26.0. The van der Waals surface area contributed by atoms with E-state index in [1.807, 2.05) is 78.9 Å². The minimum atomic E-state index is -1.95. The number of hydrogen-bond acceptors (Lipinski definition) is 5. The molecule has 0 amide bonds. The van der Waals surface area contributed by atoms with Crippen molar-refractivity contribution in [1.29, 1.82) is 0 Å². The molecular formula is C42H54O5Si. The number of rotatable bonds is 16. The lowest BCUT2D eigenvalue weighted by molar-refractivity contribution is -0.000102. The van der Waals surface area contributed by atoms with Crippen LogP contribution in [0.25, 0.3) is 0 Å². The molecule has 2 unspecified atom stereocenters. The highest BCUT2D eigenvalue weighted by molar-refractivity contribution is 6.74. The third kappa shape index (κ3) is 10.8. The monoisotopic (exact) mass is 666 g/mol. The summed E-state index contributed by atoms with van der Waals surface area (Å²) >= 11 is 0. The molecule has 2 atom stereocenters. The van der Waals surface area contributed by atoms with Gasteiger partial charge in [-0.1, -0.05) is 125 Å². The Balaban J connectivity index is 1.76. The fourth-order valence-corrected chi connectivity index (χ4v) is 6.22. The van der Waals surface area contributed by atoms with Crippen LogP contribution in [0.3, 0.4) is 0 Å². The predicted octanol–water partition coefficient (Wildman–Crippen LogP) is 9.63. The number of aliphatic hydroxyl groups is 1. The maximum atomic E-state index is 10.9. The summed E-state index contributed by atoms with van der Waals surface area (Å²) in [6.45, 7) is 13.7. The third-order valence-corrected chi connectivity index (χ3v) is 13.3. The number of aliphatic hydroxyl groups excluding tert-OH is 1. The number of allylic oxidation sites excluding steroid dienone is 4. The first-order chi connectivity index (χ1) is 23.0. The molecule has 48 heavy (non-hydrogen) atoms. The van der Waals surface area contributed by atoms with Crippen LogP contribution in [0.5, 0.6) is 11.5 Å². The van der Waals surface area contributed by atoms with E-state index in [-0.39, 0.29) is 11.1 Å². The summed E-state index contributed by atoms with van der Waals surface area (Å²) in [7, 11) is 1.36. The largest absolute Gasteiger partial charge is 0.497 e.